The van der Waals surface area contributed by atoms with Gasteiger partial charge in [-0.1, -0.05) is 6.92 Å². The number of hydrogen-bond acceptors (Lipinski definition) is 3. The minimum absolute atomic E-state index is 0.137. The third kappa shape index (κ3) is 4.18. The number of nitrogens with one attached hydrogen (secondary N) is 1. The predicted molar refractivity (Wildman–Crippen MR) is 61.5 cm³/mol. The molecule has 0 bridgehead atoms. The molecule has 0 aromatic rings. The monoisotopic (exact) mass is 213 g/mol. The minimum Gasteiger partial charge on any atom is -0.354 e. The molecule has 15 heavy (non-hydrogen) atoms. The van der Waals surface area contributed by atoms with E-state index in [0.29, 0.717) is 12.3 Å². The summed E-state index contributed by atoms with van der Waals surface area (Å²) >= 11 is 0. The Morgan fingerprint density at radius 1 is 1.53 bits per heavy atom. The van der Waals surface area contributed by atoms with Crippen molar-refractivity contribution >= 4 is 5.91 Å². The van der Waals surface area contributed by atoms with E-state index >= 15 is 0 Å². The first kappa shape index (κ1) is 12.5. The van der Waals surface area contributed by atoms with Crippen molar-refractivity contribution in [2.24, 2.45) is 11.7 Å². The summed E-state index contributed by atoms with van der Waals surface area (Å²) in [6.45, 7) is 8.90. The van der Waals surface area contributed by atoms with Gasteiger partial charge in [0.05, 0.1) is 0 Å². The zero-order valence-corrected chi connectivity index (χ0v) is 9.99. The van der Waals surface area contributed by atoms with Gasteiger partial charge in [0.2, 0.25) is 5.91 Å². The molecule has 0 aliphatic carbocycles. The summed E-state index contributed by atoms with van der Waals surface area (Å²) in [4.78, 5) is 13.7. The normalized spacial score (nSPS) is 27.3. The molecule has 4 nitrogen and oxygen atoms in total. The molecule has 1 aliphatic rings. The molecule has 0 radical (unpaired) electrons. The van der Waals surface area contributed by atoms with E-state index in [9.17, 15) is 4.79 Å². The van der Waals surface area contributed by atoms with Gasteiger partial charge in [0.1, 0.15) is 0 Å². The van der Waals surface area contributed by atoms with Gasteiger partial charge < -0.3 is 16.0 Å². The maximum Gasteiger partial charge on any atom is 0.221 e. The number of rotatable bonds is 4. The largest absolute Gasteiger partial charge is 0.354 e. The standard InChI is InChI=1S/C11H23N3O/c1-8(2)13-11(15)4-5-14-6-9(3)10(12)7-14/h8-10H,4-7,12H2,1-3H3,(H,13,15). The van der Waals surface area contributed by atoms with Gasteiger partial charge in [-0.25, -0.2) is 0 Å². The van der Waals surface area contributed by atoms with Gasteiger partial charge in [0.25, 0.3) is 0 Å². The van der Waals surface area contributed by atoms with Crippen molar-refractivity contribution in [3.63, 3.8) is 0 Å². The highest BCUT2D eigenvalue weighted by molar-refractivity contribution is 5.76. The van der Waals surface area contributed by atoms with E-state index in [-0.39, 0.29) is 18.0 Å². The predicted octanol–water partition coefficient (Wildman–Crippen LogP) is 0.180. The second-order valence-corrected chi connectivity index (χ2v) is 4.87. The molecule has 0 spiro atoms. The summed E-state index contributed by atoms with van der Waals surface area (Å²) in [5.41, 5.74) is 5.91. The van der Waals surface area contributed by atoms with Crippen LogP contribution in [0.15, 0.2) is 0 Å². The van der Waals surface area contributed by atoms with Crippen LogP contribution in [-0.2, 0) is 4.79 Å². The van der Waals surface area contributed by atoms with E-state index in [0.717, 1.165) is 19.6 Å². The summed E-state index contributed by atoms with van der Waals surface area (Å²) in [5, 5.41) is 2.89. The Hall–Kier alpha value is -0.610. The lowest BCUT2D eigenvalue weighted by atomic mass is 10.1. The molecular formula is C11H23N3O. The number of carbonyl (C=O) groups excluding carboxylic acids is 1. The Labute approximate surface area is 92.2 Å². The van der Waals surface area contributed by atoms with E-state index < -0.39 is 0 Å². The Balaban J connectivity index is 2.18. The SMILES string of the molecule is CC(C)NC(=O)CCN1CC(C)C(N)C1. The van der Waals surface area contributed by atoms with Crippen molar-refractivity contribution < 1.29 is 4.79 Å². The molecule has 0 saturated carbocycles. The molecule has 1 rings (SSSR count). The van der Waals surface area contributed by atoms with Crippen molar-refractivity contribution in [2.45, 2.75) is 39.3 Å². The van der Waals surface area contributed by atoms with E-state index in [2.05, 4.69) is 17.1 Å². The van der Waals surface area contributed by atoms with E-state index in [1.807, 2.05) is 13.8 Å². The summed E-state index contributed by atoms with van der Waals surface area (Å²) in [7, 11) is 0. The Morgan fingerprint density at radius 3 is 2.67 bits per heavy atom. The van der Waals surface area contributed by atoms with Crippen LogP contribution in [0.1, 0.15) is 27.2 Å². The topological polar surface area (TPSA) is 58.4 Å². The fraction of sp³-hybridized carbons (Fsp3) is 0.909. The Kier molecular flexibility index (Phi) is 4.54. The van der Waals surface area contributed by atoms with Crippen LogP contribution in [0, 0.1) is 5.92 Å². The summed E-state index contributed by atoms with van der Waals surface area (Å²) in [6, 6.07) is 0.510. The molecule has 88 valence electrons. The summed E-state index contributed by atoms with van der Waals surface area (Å²) in [5.74, 6) is 0.691. The Morgan fingerprint density at radius 2 is 2.20 bits per heavy atom. The fourth-order valence-corrected chi connectivity index (χ4v) is 1.93. The number of nitrogens with two attached hydrogens (primary N) is 1. The lowest BCUT2D eigenvalue weighted by molar-refractivity contribution is -0.121. The van der Waals surface area contributed by atoms with Gasteiger partial charge in [-0.15, -0.1) is 0 Å². The van der Waals surface area contributed by atoms with Gasteiger partial charge >= 0.3 is 0 Å². The van der Waals surface area contributed by atoms with Crippen LogP contribution in [0.25, 0.3) is 0 Å². The average molecular weight is 213 g/mol. The van der Waals surface area contributed by atoms with Gasteiger partial charge in [-0.05, 0) is 19.8 Å². The average Bonchev–Trinajstić information content (AvgIpc) is 2.42. The molecule has 1 saturated heterocycles. The van der Waals surface area contributed by atoms with Crippen molar-refractivity contribution in [1.82, 2.24) is 10.2 Å². The minimum atomic E-state index is 0.137. The van der Waals surface area contributed by atoms with Crippen molar-refractivity contribution in [3.05, 3.63) is 0 Å². The maximum absolute atomic E-state index is 11.4. The second kappa shape index (κ2) is 5.47. The molecule has 1 amide bonds. The number of likely N-dealkylation sites (tertiary alicyclic amines) is 1. The molecule has 3 N–H and O–H groups in total. The van der Waals surface area contributed by atoms with Crippen LogP contribution in [0.2, 0.25) is 0 Å². The zero-order chi connectivity index (χ0) is 11.4. The highest BCUT2D eigenvalue weighted by Gasteiger charge is 2.26. The van der Waals surface area contributed by atoms with Crippen LogP contribution >= 0.6 is 0 Å². The van der Waals surface area contributed by atoms with Crippen LogP contribution < -0.4 is 11.1 Å². The van der Waals surface area contributed by atoms with Gasteiger partial charge in [-0.2, -0.15) is 0 Å². The molecule has 1 fully saturated rings. The molecule has 4 heteroatoms. The van der Waals surface area contributed by atoms with Crippen molar-refractivity contribution in [3.8, 4) is 0 Å². The number of carbonyl (C=O) groups is 1. The summed E-state index contributed by atoms with van der Waals surface area (Å²) < 4.78 is 0. The molecular weight excluding hydrogens is 190 g/mol. The number of nitrogens with zero attached hydrogens (tertiary/aromatic N) is 1. The smallest absolute Gasteiger partial charge is 0.221 e. The molecule has 2 atom stereocenters. The second-order valence-electron chi connectivity index (χ2n) is 4.87. The number of hydrogen-bond donors (Lipinski definition) is 2. The van der Waals surface area contributed by atoms with Gasteiger partial charge in [0, 0.05) is 38.1 Å². The third-order valence-electron chi connectivity index (χ3n) is 2.85. The first-order valence-electron chi connectivity index (χ1n) is 5.76. The van der Waals surface area contributed by atoms with Crippen molar-refractivity contribution in [2.75, 3.05) is 19.6 Å². The molecule has 1 aliphatic heterocycles. The van der Waals surface area contributed by atoms with E-state index in [1.54, 1.807) is 0 Å². The molecule has 0 aromatic carbocycles. The van der Waals surface area contributed by atoms with E-state index in [4.69, 9.17) is 5.73 Å². The van der Waals surface area contributed by atoms with Gasteiger partial charge in [-0.3, -0.25) is 4.79 Å². The first-order valence-corrected chi connectivity index (χ1v) is 5.76. The highest BCUT2D eigenvalue weighted by Crippen LogP contribution is 2.14. The maximum atomic E-state index is 11.4. The van der Waals surface area contributed by atoms with Crippen LogP contribution in [-0.4, -0.2) is 42.5 Å². The van der Waals surface area contributed by atoms with Gasteiger partial charge in [0.15, 0.2) is 0 Å². The lowest BCUT2D eigenvalue weighted by Gasteiger charge is -2.15. The molecule has 1 heterocycles. The van der Waals surface area contributed by atoms with Crippen LogP contribution in [0.5, 0.6) is 0 Å². The van der Waals surface area contributed by atoms with E-state index in [1.165, 1.54) is 0 Å². The fourth-order valence-electron chi connectivity index (χ4n) is 1.93. The molecule has 0 aromatic heterocycles. The Bertz CT molecular complexity index is 208. The summed E-state index contributed by atoms with van der Waals surface area (Å²) in [6.07, 6.45) is 0.581. The van der Waals surface area contributed by atoms with Crippen LogP contribution in [0.4, 0.5) is 0 Å². The zero-order valence-electron chi connectivity index (χ0n) is 9.99. The first-order chi connectivity index (χ1) is 6.99. The van der Waals surface area contributed by atoms with Crippen LogP contribution in [0.3, 0.4) is 0 Å². The third-order valence-corrected chi connectivity index (χ3v) is 2.85. The molecule has 2 unspecified atom stereocenters. The van der Waals surface area contributed by atoms with Crippen molar-refractivity contribution in [1.29, 1.82) is 0 Å². The quantitative estimate of drug-likeness (QED) is 0.700. The highest BCUT2D eigenvalue weighted by atomic mass is 16.1. The lowest BCUT2D eigenvalue weighted by Crippen LogP contribution is -2.34. The number of amides is 1.